The highest BCUT2D eigenvalue weighted by Gasteiger charge is 2.13. The van der Waals surface area contributed by atoms with Crippen molar-refractivity contribution in [3.63, 3.8) is 0 Å². The van der Waals surface area contributed by atoms with Gasteiger partial charge in [0.25, 0.3) is 0 Å². The van der Waals surface area contributed by atoms with Crippen molar-refractivity contribution in [2.45, 2.75) is 12.8 Å². The highest BCUT2D eigenvalue weighted by atomic mass is 19.1. The highest BCUT2D eigenvalue weighted by Crippen LogP contribution is 2.16. The Morgan fingerprint density at radius 1 is 1.08 bits per heavy atom. The number of carbonyl (C=O) groups excluding carboxylic acids is 1. The van der Waals surface area contributed by atoms with Crippen LogP contribution in [0.1, 0.15) is 11.4 Å². The summed E-state index contributed by atoms with van der Waals surface area (Å²) < 4.78 is 14.7. The molecule has 3 aromatic rings. The van der Waals surface area contributed by atoms with Crippen molar-refractivity contribution in [1.82, 2.24) is 20.1 Å². The van der Waals surface area contributed by atoms with Gasteiger partial charge < -0.3 is 9.88 Å². The molecule has 0 unspecified atom stereocenters. The number of benzene rings is 2. The van der Waals surface area contributed by atoms with Crippen LogP contribution in [0.5, 0.6) is 0 Å². The molecule has 1 amide bonds. The summed E-state index contributed by atoms with van der Waals surface area (Å²) in [5, 5.41) is 11.1. The monoisotopic (exact) mass is 338 g/mol. The molecule has 0 fully saturated rings. The molecule has 0 aliphatic carbocycles. The van der Waals surface area contributed by atoms with Gasteiger partial charge in [-0.3, -0.25) is 4.79 Å². The van der Waals surface area contributed by atoms with Crippen LogP contribution in [-0.4, -0.2) is 27.2 Å². The highest BCUT2D eigenvalue weighted by molar-refractivity contribution is 5.78. The molecule has 5 nitrogen and oxygen atoms in total. The first kappa shape index (κ1) is 16.8. The number of hydrogen-bond acceptors (Lipinski definition) is 3. The summed E-state index contributed by atoms with van der Waals surface area (Å²) in [5.74, 6) is 0.967. The molecule has 25 heavy (non-hydrogen) atoms. The molecule has 3 rings (SSSR count). The van der Waals surface area contributed by atoms with Gasteiger partial charge in [0.2, 0.25) is 5.91 Å². The van der Waals surface area contributed by atoms with Crippen molar-refractivity contribution in [3.8, 4) is 11.4 Å². The van der Waals surface area contributed by atoms with Gasteiger partial charge >= 0.3 is 0 Å². The minimum absolute atomic E-state index is 0.114. The van der Waals surface area contributed by atoms with E-state index in [9.17, 15) is 9.18 Å². The largest absolute Gasteiger partial charge is 0.355 e. The van der Waals surface area contributed by atoms with Crippen LogP contribution in [0.4, 0.5) is 4.39 Å². The van der Waals surface area contributed by atoms with Crippen LogP contribution < -0.4 is 5.32 Å². The number of amides is 1. The van der Waals surface area contributed by atoms with E-state index in [-0.39, 0.29) is 18.1 Å². The molecular weight excluding hydrogens is 319 g/mol. The lowest BCUT2D eigenvalue weighted by Gasteiger charge is -2.06. The summed E-state index contributed by atoms with van der Waals surface area (Å²) in [6.45, 7) is 0.494. The molecule has 6 heteroatoms. The molecule has 0 aliphatic heterocycles. The Hall–Kier alpha value is -3.02. The minimum Gasteiger partial charge on any atom is -0.355 e. The van der Waals surface area contributed by atoms with Crippen molar-refractivity contribution in [3.05, 3.63) is 71.8 Å². The van der Waals surface area contributed by atoms with Gasteiger partial charge in [0.05, 0.1) is 6.42 Å². The predicted octanol–water partition coefficient (Wildman–Crippen LogP) is 2.52. The lowest BCUT2D eigenvalue weighted by molar-refractivity contribution is -0.120. The van der Waals surface area contributed by atoms with Gasteiger partial charge in [-0.2, -0.15) is 0 Å². The number of halogens is 1. The Kier molecular flexibility index (Phi) is 5.18. The van der Waals surface area contributed by atoms with E-state index < -0.39 is 0 Å². The zero-order valence-electron chi connectivity index (χ0n) is 13.9. The molecule has 2 aromatic carbocycles. The molecule has 1 N–H and O–H groups in total. The van der Waals surface area contributed by atoms with Crippen LogP contribution >= 0.6 is 0 Å². The maximum Gasteiger partial charge on any atom is 0.227 e. The van der Waals surface area contributed by atoms with Crippen molar-refractivity contribution >= 4 is 5.91 Å². The lowest BCUT2D eigenvalue weighted by atomic mass is 10.1. The predicted molar refractivity (Wildman–Crippen MR) is 93.3 cm³/mol. The van der Waals surface area contributed by atoms with E-state index in [1.807, 2.05) is 41.9 Å². The van der Waals surface area contributed by atoms with E-state index in [1.54, 1.807) is 12.1 Å². The van der Waals surface area contributed by atoms with Crippen LogP contribution in [-0.2, 0) is 24.7 Å². The zero-order valence-corrected chi connectivity index (χ0v) is 13.9. The Bertz CT molecular complexity index is 844. The maximum absolute atomic E-state index is 12.9. The van der Waals surface area contributed by atoms with Crippen LogP contribution in [0.2, 0.25) is 0 Å². The average Bonchev–Trinajstić information content (AvgIpc) is 2.98. The van der Waals surface area contributed by atoms with Crippen LogP contribution in [0, 0.1) is 5.82 Å². The summed E-state index contributed by atoms with van der Waals surface area (Å²) >= 11 is 0. The molecule has 0 bridgehead atoms. The third kappa shape index (κ3) is 4.29. The average molecular weight is 338 g/mol. The van der Waals surface area contributed by atoms with E-state index in [0.29, 0.717) is 18.8 Å². The Balaban J connectivity index is 1.55. The van der Waals surface area contributed by atoms with Gasteiger partial charge in [-0.05, 0) is 24.1 Å². The van der Waals surface area contributed by atoms with Gasteiger partial charge in [-0.15, -0.1) is 10.2 Å². The van der Waals surface area contributed by atoms with E-state index in [4.69, 9.17) is 0 Å². The molecule has 0 atom stereocenters. The van der Waals surface area contributed by atoms with Crippen molar-refractivity contribution in [2.24, 2.45) is 7.05 Å². The van der Waals surface area contributed by atoms with Gasteiger partial charge in [0.15, 0.2) is 5.82 Å². The van der Waals surface area contributed by atoms with Gasteiger partial charge in [0, 0.05) is 19.2 Å². The maximum atomic E-state index is 12.9. The van der Waals surface area contributed by atoms with E-state index in [0.717, 1.165) is 17.0 Å². The van der Waals surface area contributed by atoms with Crippen molar-refractivity contribution in [1.29, 1.82) is 0 Å². The first-order valence-corrected chi connectivity index (χ1v) is 8.08. The fraction of sp³-hybridized carbons (Fsp3) is 0.211. The van der Waals surface area contributed by atoms with Gasteiger partial charge in [-0.25, -0.2) is 4.39 Å². The molecule has 0 spiro atoms. The van der Waals surface area contributed by atoms with E-state index >= 15 is 0 Å². The summed E-state index contributed by atoms with van der Waals surface area (Å²) in [6.07, 6.45) is 0.819. The summed E-state index contributed by atoms with van der Waals surface area (Å²) in [5.41, 5.74) is 1.94. The first-order chi connectivity index (χ1) is 12.1. The molecule has 0 radical (unpaired) electrons. The Morgan fingerprint density at radius 2 is 1.80 bits per heavy atom. The third-order valence-electron chi connectivity index (χ3n) is 3.96. The number of carbonyl (C=O) groups is 1. The standard InChI is InChI=1S/C19H19FN4O/c1-24-17(22-23-19(24)15-5-3-2-4-6-15)13-18(25)21-12-11-14-7-9-16(20)10-8-14/h2-10H,11-13H2,1H3,(H,21,25). The van der Waals surface area contributed by atoms with Crippen LogP contribution in [0.3, 0.4) is 0 Å². The number of aromatic nitrogens is 3. The minimum atomic E-state index is -0.260. The third-order valence-corrected chi connectivity index (χ3v) is 3.96. The van der Waals surface area contributed by atoms with Crippen LogP contribution in [0.15, 0.2) is 54.6 Å². The smallest absolute Gasteiger partial charge is 0.227 e. The van der Waals surface area contributed by atoms with E-state index in [1.165, 1.54) is 12.1 Å². The molecule has 0 aliphatic rings. The quantitative estimate of drug-likeness (QED) is 0.751. The van der Waals surface area contributed by atoms with Gasteiger partial charge in [-0.1, -0.05) is 42.5 Å². The molecule has 0 saturated heterocycles. The number of hydrogen-bond donors (Lipinski definition) is 1. The molecule has 1 heterocycles. The summed E-state index contributed by atoms with van der Waals surface area (Å²) in [7, 11) is 1.85. The molecule has 0 saturated carbocycles. The Morgan fingerprint density at radius 3 is 2.52 bits per heavy atom. The zero-order chi connectivity index (χ0) is 17.6. The summed E-state index contributed by atoms with van der Waals surface area (Å²) in [6, 6.07) is 16.0. The fourth-order valence-electron chi connectivity index (χ4n) is 2.56. The first-order valence-electron chi connectivity index (χ1n) is 8.08. The normalized spacial score (nSPS) is 10.6. The molecule has 128 valence electrons. The fourth-order valence-corrected chi connectivity index (χ4v) is 2.56. The topological polar surface area (TPSA) is 59.8 Å². The number of nitrogens with zero attached hydrogens (tertiary/aromatic N) is 3. The van der Waals surface area contributed by atoms with Crippen molar-refractivity contribution in [2.75, 3.05) is 6.54 Å². The van der Waals surface area contributed by atoms with Crippen LogP contribution in [0.25, 0.3) is 11.4 Å². The number of nitrogens with one attached hydrogen (secondary N) is 1. The van der Waals surface area contributed by atoms with Crippen molar-refractivity contribution < 1.29 is 9.18 Å². The van der Waals surface area contributed by atoms with E-state index in [2.05, 4.69) is 15.5 Å². The molecule has 1 aromatic heterocycles. The molecular formula is C19H19FN4O. The second-order valence-electron chi connectivity index (χ2n) is 5.77. The SMILES string of the molecule is Cn1c(CC(=O)NCCc2ccc(F)cc2)nnc1-c1ccccc1. The summed E-state index contributed by atoms with van der Waals surface area (Å²) in [4.78, 5) is 12.1. The van der Waals surface area contributed by atoms with Gasteiger partial charge in [0.1, 0.15) is 11.6 Å². The second-order valence-corrected chi connectivity index (χ2v) is 5.77. The second kappa shape index (κ2) is 7.70. The number of rotatable bonds is 6. The Labute approximate surface area is 145 Å². The lowest BCUT2D eigenvalue weighted by Crippen LogP contribution is -2.28.